The van der Waals surface area contributed by atoms with Gasteiger partial charge in [0.1, 0.15) is 5.75 Å². The Kier molecular flexibility index (Phi) is 3.29. The number of hydrogen-bond acceptors (Lipinski definition) is 2. The Bertz CT molecular complexity index is 390. The third kappa shape index (κ3) is 2.26. The van der Waals surface area contributed by atoms with E-state index in [9.17, 15) is 0 Å². The molecule has 0 aromatic heterocycles. The first kappa shape index (κ1) is 12.0. The van der Waals surface area contributed by atoms with Gasteiger partial charge in [-0.2, -0.15) is 0 Å². The number of ether oxygens (including phenoxy) is 2. The second kappa shape index (κ2) is 4.93. The molecule has 2 fully saturated rings. The molecular formula is C16H22O2. The molecule has 98 valence electrons. The van der Waals surface area contributed by atoms with Gasteiger partial charge in [-0.3, -0.25) is 0 Å². The molecule has 2 heteroatoms. The normalized spacial score (nSPS) is 26.4. The molecule has 1 unspecified atom stereocenters. The van der Waals surface area contributed by atoms with Gasteiger partial charge in [0.05, 0.1) is 18.8 Å². The van der Waals surface area contributed by atoms with Crippen LogP contribution in [0.4, 0.5) is 0 Å². The van der Waals surface area contributed by atoms with E-state index in [-0.39, 0.29) is 5.60 Å². The van der Waals surface area contributed by atoms with E-state index in [1.54, 1.807) is 7.11 Å². The summed E-state index contributed by atoms with van der Waals surface area (Å²) in [6.45, 7) is 0. The van der Waals surface area contributed by atoms with Gasteiger partial charge in [-0.1, -0.05) is 31.4 Å². The molecule has 1 spiro atoms. The van der Waals surface area contributed by atoms with E-state index in [1.807, 2.05) is 12.1 Å². The van der Waals surface area contributed by atoms with E-state index in [0.717, 1.165) is 5.75 Å². The van der Waals surface area contributed by atoms with Crippen LogP contribution in [-0.4, -0.2) is 12.7 Å². The molecule has 0 radical (unpaired) electrons. The molecule has 1 atom stereocenters. The third-order valence-corrected chi connectivity index (χ3v) is 4.51. The molecule has 0 amide bonds. The lowest BCUT2D eigenvalue weighted by molar-refractivity contribution is -0.0648. The molecule has 2 nitrogen and oxygen atoms in total. The molecule has 1 aromatic rings. The van der Waals surface area contributed by atoms with Crippen molar-refractivity contribution in [2.45, 2.75) is 56.7 Å². The Balaban J connectivity index is 1.70. The molecular weight excluding hydrogens is 224 g/mol. The minimum Gasteiger partial charge on any atom is -0.497 e. The Morgan fingerprint density at radius 3 is 2.44 bits per heavy atom. The highest BCUT2D eigenvalue weighted by Crippen LogP contribution is 2.47. The Morgan fingerprint density at radius 1 is 1.06 bits per heavy atom. The highest BCUT2D eigenvalue weighted by atomic mass is 16.5. The van der Waals surface area contributed by atoms with Crippen LogP contribution in [0.15, 0.2) is 24.3 Å². The summed E-state index contributed by atoms with van der Waals surface area (Å²) in [6.07, 6.45) is 9.31. The maximum absolute atomic E-state index is 6.41. The number of methoxy groups -OCH3 is 1. The zero-order valence-electron chi connectivity index (χ0n) is 11.2. The molecule has 1 aliphatic carbocycles. The van der Waals surface area contributed by atoms with Gasteiger partial charge in [-0.05, 0) is 43.4 Å². The quantitative estimate of drug-likeness (QED) is 0.776. The molecule has 1 aromatic carbocycles. The lowest BCUT2D eigenvalue weighted by Gasteiger charge is -2.33. The Hall–Kier alpha value is -1.02. The topological polar surface area (TPSA) is 18.5 Å². The first-order chi connectivity index (χ1) is 8.81. The first-order valence-electron chi connectivity index (χ1n) is 7.13. The van der Waals surface area contributed by atoms with Crippen LogP contribution >= 0.6 is 0 Å². The largest absolute Gasteiger partial charge is 0.497 e. The van der Waals surface area contributed by atoms with Crippen LogP contribution in [0.25, 0.3) is 0 Å². The third-order valence-electron chi connectivity index (χ3n) is 4.51. The van der Waals surface area contributed by atoms with Gasteiger partial charge in [0.15, 0.2) is 0 Å². The van der Waals surface area contributed by atoms with E-state index in [0.29, 0.717) is 6.10 Å². The van der Waals surface area contributed by atoms with Crippen LogP contribution in [0.2, 0.25) is 0 Å². The van der Waals surface area contributed by atoms with Gasteiger partial charge < -0.3 is 9.47 Å². The van der Waals surface area contributed by atoms with Crippen molar-refractivity contribution in [3.63, 3.8) is 0 Å². The van der Waals surface area contributed by atoms with Gasteiger partial charge in [0, 0.05) is 0 Å². The first-order valence-corrected chi connectivity index (χ1v) is 7.13. The van der Waals surface area contributed by atoms with Crippen LogP contribution < -0.4 is 4.74 Å². The average Bonchev–Trinajstić information content (AvgIpc) is 2.83. The van der Waals surface area contributed by atoms with E-state index >= 15 is 0 Å². The molecule has 1 aliphatic heterocycles. The van der Waals surface area contributed by atoms with Crippen LogP contribution in [0.1, 0.15) is 56.6 Å². The van der Waals surface area contributed by atoms with Crippen molar-refractivity contribution < 1.29 is 9.47 Å². The summed E-state index contributed by atoms with van der Waals surface area (Å²) >= 11 is 0. The molecule has 18 heavy (non-hydrogen) atoms. The summed E-state index contributed by atoms with van der Waals surface area (Å²) in [4.78, 5) is 0. The van der Waals surface area contributed by atoms with Crippen LogP contribution in [0.3, 0.4) is 0 Å². The van der Waals surface area contributed by atoms with E-state index in [2.05, 4.69) is 12.1 Å². The van der Waals surface area contributed by atoms with Crippen molar-refractivity contribution in [2.75, 3.05) is 7.11 Å². The van der Waals surface area contributed by atoms with E-state index < -0.39 is 0 Å². The van der Waals surface area contributed by atoms with Gasteiger partial charge >= 0.3 is 0 Å². The van der Waals surface area contributed by atoms with Gasteiger partial charge in [0.25, 0.3) is 0 Å². The van der Waals surface area contributed by atoms with Crippen molar-refractivity contribution in [2.24, 2.45) is 0 Å². The van der Waals surface area contributed by atoms with Gasteiger partial charge in [-0.25, -0.2) is 0 Å². The van der Waals surface area contributed by atoms with E-state index in [4.69, 9.17) is 9.47 Å². The summed E-state index contributed by atoms with van der Waals surface area (Å²) < 4.78 is 11.6. The summed E-state index contributed by atoms with van der Waals surface area (Å²) in [5.74, 6) is 0.920. The Labute approximate surface area is 109 Å². The zero-order chi connectivity index (χ0) is 12.4. The Morgan fingerprint density at radius 2 is 1.78 bits per heavy atom. The highest BCUT2D eigenvalue weighted by Gasteiger charge is 2.41. The van der Waals surface area contributed by atoms with Crippen molar-refractivity contribution in [3.05, 3.63) is 29.8 Å². The smallest absolute Gasteiger partial charge is 0.118 e. The van der Waals surface area contributed by atoms with Crippen LogP contribution in [0.5, 0.6) is 5.75 Å². The number of benzene rings is 1. The van der Waals surface area contributed by atoms with Crippen molar-refractivity contribution in [1.29, 1.82) is 0 Å². The summed E-state index contributed by atoms with van der Waals surface area (Å²) in [7, 11) is 1.71. The number of rotatable bonds is 2. The fourth-order valence-electron chi connectivity index (χ4n) is 3.43. The average molecular weight is 246 g/mol. The SMILES string of the molecule is COc1ccc(C2CCC3(CCCCC3)O2)cc1. The second-order valence-electron chi connectivity index (χ2n) is 5.66. The minimum atomic E-state index is 0.211. The van der Waals surface area contributed by atoms with Crippen molar-refractivity contribution in [1.82, 2.24) is 0 Å². The lowest BCUT2D eigenvalue weighted by atomic mass is 9.83. The molecule has 3 rings (SSSR count). The van der Waals surface area contributed by atoms with Gasteiger partial charge in [-0.15, -0.1) is 0 Å². The predicted octanol–water partition coefficient (Wildman–Crippen LogP) is 4.25. The summed E-state index contributed by atoms with van der Waals surface area (Å²) in [6, 6.07) is 8.35. The fourth-order valence-corrected chi connectivity index (χ4v) is 3.43. The molecule has 1 saturated heterocycles. The summed E-state index contributed by atoms with van der Waals surface area (Å²) in [5.41, 5.74) is 1.52. The monoisotopic (exact) mass is 246 g/mol. The minimum absolute atomic E-state index is 0.211. The maximum atomic E-state index is 6.41. The predicted molar refractivity (Wildman–Crippen MR) is 71.9 cm³/mol. The lowest BCUT2D eigenvalue weighted by Crippen LogP contribution is -2.30. The van der Waals surface area contributed by atoms with Crippen molar-refractivity contribution in [3.8, 4) is 5.75 Å². The molecule has 2 aliphatic rings. The van der Waals surface area contributed by atoms with Crippen LogP contribution in [-0.2, 0) is 4.74 Å². The molecule has 0 bridgehead atoms. The molecule has 1 saturated carbocycles. The zero-order valence-corrected chi connectivity index (χ0v) is 11.2. The van der Waals surface area contributed by atoms with Crippen molar-refractivity contribution >= 4 is 0 Å². The highest BCUT2D eigenvalue weighted by molar-refractivity contribution is 5.29. The van der Waals surface area contributed by atoms with Gasteiger partial charge in [0.2, 0.25) is 0 Å². The fraction of sp³-hybridized carbons (Fsp3) is 0.625. The number of hydrogen-bond donors (Lipinski definition) is 0. The molecule has 0 N–H and O–H groups in total. The standard InChI is InChI=1S/C16H22O2/c1-17-14-7-5-13(6-8-14)15-9-12-16(18-15)10-3-2-4-11-16/h5-8,15H,2-4,9-12H2,1H3. The molecule has 1 heterocycles. The second-order valence-corrected chi connectivity index (χ2v) is 5.66. The van der Waals surface area contributed by atoms with Crippen LogP contribution in [0, 0.1) is 0 Å². The summed E-state index contributed by atoms with van der Waals surface area (Å²) in [5, 5.41) is 0. The van der Waals surface area contributed by atoms with E-state index in [1.165, 1.54) is 50.5 Å². The maximum Gasteiger partial charge on any atom is 0.118 e.